The van der Waals surface area contributed by atoms with E-state index in [-0.39, 0.29) is 5.41 Å². The molecule has 1 aromatic carbocycles. The standard InChI is InChI=1S/C12H13Br/c1-4-10-5-7-11(8-6-10)12(2,3)9-13/h1,5-8H,9H2,2-3H3. The van der Waals surface area contributed by atoms with Gasteiger partial charge in [-0.1, -0.05) is 47.8 Å². The molecule has 0 fully saturated rings. The van der Waals surface area contributed by atoms with Gasteiger partial charge in [-0.05, 0) is 23.1 Å². The Morgan fingerprint density at radius 1 is 1.31 bits per heavy atom. The van der Waals surface area contributed by atoms with Crippen molar-refractivity contribution >= 4 is 15.9 Å². The summed E-state index contributed by atoms with van der Waals surface area (Å²) in [5.74, 6) is 2.61. The molecule has 13 heavy (non-hydrogen) atoms. The molecule has 1 aromatic rings. The molecule has 0 radical (unpaired) electrons. The Morgan fingerprint density at radius 2 is 1.85 bits per heavy atom. The maximum Gasteiger partial charge on any atom is 0.0242 e. The van der Waals surface area contributed by atoms with Crippen molar-refractivity contribution in [2.45, 2.75) is 19.3 Å². The molecule has 0 nitrogen and oxygen atoms in total. The largest absolute Gasteiger partial charge is 0.115 e. The maximum absolute atomic E-state index is 5.28. The van der Waals surface area contributed by atoms with Crippen LogP contribution in [0.25, 0.3) is 0 Å². The third kappa shape index (κ3) is 2.35. The van der Waals surface area contributed by atoms with Crippen molar-refractivity contribution in [1.29, 1.82) is 0 Å². The quantitative estimate of drug-likeness (QED) is 0.546. The lowest BCUT2D eigenvalue weighted by Gasteiger charge is -2.22. The fraction of sp³-hybridized carbons (Fsp3) is 0.333. The molecule has 0 spiro atoms. The van der Waals surface area contributed by atoms with Gasteiger partial charge in [-0.3, -0.25) is 0 Å². The van der Waals surface area contributed by atoms with Crippen molar-refractivity contribution in [1.82, 2.24) is 0 Å². The van der Waals surface area contributed by atoms with Crippen molar-refractivity contribution in [2.24, 2.45) is 0 Å². The molecule has 0 bridgehead atoms. The molecule has 0 aliphatic carbocycles. The molecule has 0 aromatic heterocycles. The molecule has 0 unspecified atom stereocenters. The topological polar surface area (TPSA) is 0 Å². The van der Waals surface area contributed by atoms with Crippen LogP contribution in [0.3, 0.4) is 0 Å². The Kier molecular flexibility index (Phi) is 3.17. The average molecular weight is 237 g/mol. The van der Waals surface area contributed by atoms with Crippen LogP contribution in [0.15, 0.2) is 24.3 Å². The first kappa shape index (κ1) is 10.3. The SMILES string of the molecule is C#Cc1ccc(C(C)(C)CBr)cc1. The van der Waals surface area contributed by atoms with Crippen LogP contribution in [0.2, 0.25) is 0 Å². The minimum atomic E-state index is 0.174. The predicted octanol–water partition coefficient (Wildman–Crippen LogP) is 3.34. The van der Waals surface area contributed by atoms with Crippen LogP contribution in [0.5, 0.6) is 0 Å². The Hall–Kier alpha value is -0.740. The summed E-state index contributed by atoms with van der Waals surface area (Å²) in [7, 11) is 0. The highest BCUT2D eigenvalue weighted by Gasteiger charge is 2.18. The minimum absolute atomic E-state index is 0.174. The molecule has 0 saturated carbocycles. The number of benzene rings is 1. The van der Waals surface area contributed by atoms with Crippen molar-refractivity contribution in [3.05, 3.63) is 35.4 Å². The van der Waals surface area contributed by atoms with Crippen LogP contribution < -0.4 is 0 Å². The van der Waals surface area contributed by atoms with Crippen LogP contribution >= 0.6 is 15.9 Å². The number of terminal acetylenes is 1. The summed E-state index contributed by atoms with van der Waals surface area (Å²) in [5.41, 5.74) is 2.42. The van der Waals surface area contributed by atoms with Gasteiger partial charge in [-0.2, -0.15) is 0 Å². The van der Waals surface area contributed by atoms with Gasteiger partial charge in [0.2, 0.25) is 0 Å². The highest BCUT2D eigenvalue weighted by Crippen LogP contribution is 2.25. The summed E-state index contributed by atoms with van der Waals surface area (Å²) in [6.45, 7) is 4.40. The van der Waals surface area contributed by atoms with E-state index in [1.807, 2.05) is 12.1 Å². The second kappa shape index (κ2) is 3.98. The van der Waals surface area contributed by atoms with Crippen molar-refractivity contribution in [3.8, 4) is 12.3 Å². The molecule has 0 atom stereocenters. The average Bonchev–Trinajstić information content (AvgIpc) is 2.18. The van der Waals surface area contributed by atoms with Crippen LogP contribution in [0, 0.1) is 12.3 Å². The third-order valence-corrected chi connectivity index (χ3v) is 3.57. The van der Waals surface area contributed by atoms with E-state index in [0.717, 1.165) is 10.9 Å². The van der Waals surface area contributed by atoms with E-state index in [1.54, 1.807) is 0 Å². The lowest BCUT2D eigenvalue weighted by molar-refractivity contribution is 0.606. The number of alkyl halides is 1. The first-order chi connectivity index (χ1) is 6.10. The van der Waals surface area contributed by atoms with E-state index < -0.39 is 0 Å². The van der Waals surface area contributed by atoms with Gasteiger partial charge in [0.25, 0.3) is 0 Å². The van der Waals surface area contributed by atoms with Gasteiger partial charge in [0.15, 0.2) is 0 Å². The lowest BCUT2D eigenvalue weighted by atomic mass is 9.87. The fourth-order valence-corrected chi connectivity index (χ4v) is 1.42. The summed E-state index contributed by atoms with van der Waals surface area (Å²) in [4.78, 5) is 0. The second-order valence-corrected chi connectivity index (χ2v) is 4.30. The van der Waals surface area contributed by atoms with E-state index >= 15 is 0 Å². The Morgan fingerprint density at radius 3 is 2.23 bits per heavy atom. The van der Waals surface area contributed by atoms with Crippen molar-refractivity contribution in [2.75, 3.05) is 5.33 Å². The smallest absolute Gasteiger partial charge is 0.0242 e. The molecule has 0 aliphatic heterocycles. The number of rotatable bonds is 2. The summed E-state index contributed by atoms with van der Waals surface area (Å²) < 4.78 is 0. The highest BCUT2D eigenvalue weighted by atomic mass is 79.9. The highest BCUT2D eigenvalue weighted by molar-refractivity contribution is 9.09. The molecule has 0 amide bonds. The normalized spacial score (nSPS) is 10.9. The second-order valence-electron chi connectivity index (χ2n) is 3.74. The van der Waals surface area contributed by atoms with Crippen LogP contribution in [0.4, 0.5) is 0 Å². The Labute approximate surface area is 88.5 Å². The number of halogens is 1. The molecule has 0 saturated heterocycles. The predicted molar refractivity (Wildman–Crippen MR) is 61.2 cm³/mol. The molecule has 0 aliphatic rings. The third-order valence-electron chi connectivity index (χ3n) is 2.17. The minimum Gasteiger partial charge on any atom is -0.115 e. The molecule has 68 valence electrons. The molecular weight excluding hydrogens is 224 g/mol. The van der Waals surface area contributed by atoms with Gasteiger partial charge in [-0.15, -0.1) is 6.42 Å². The van der Waals surface area contributed by atoms with Crippen LogP contribution in [0.1, 0.15) is 25.0 Å². The number of hydrogen-bond donors (Lipinski definition) is 0. The molecule has 0 N–H and O–H groups in total. The van der Waals surface area contributed by atoms with Crippen molar-refractivity contribution < 1.29 is 0 Å². The van der Waals surface area contributed by atoms with Gasteiger partial charge in [0.1, 0.15) is 0 Å². The Bertz CT molecular complexity index is 314. The molecule has 1 heteroatoms. The summed E-state index contributed by atoms with van der Waals surface area (Å²) in [6, 6.07) is 8.16. The Balaban J connectivity index is 3.00. The molecule has 1 rings (SSSR count). The summed E-state index contributed by atoms with van der Waals surface area (Å²) in [6.07, 6.45) is 5.28. The zero-order valence-electron chi connectivity index (χ0n) is 7.97. The monoisotopic (exact) mass is 236 g/mol. The van der Waals surface area contributed by atoms with Gasteiger partial charge in [0.05, 0.1) is 0 Å². The van der Waals surface area contributed by atoms with Crippen LogP contribution in [-0.2, 0) is 5.41 Å². The van der Waals surface area contributed by atoms with Gasteiger partial charge >= 0.3 is 0 Å². The van der Waals surface area contributed by atoms with Crippen LogP contribution in [-0.4, -0.2) is 5.33 Å². The first-order valence-electron chi connectivity index (χ1n) is 4.23. The van der Waals surface area contributed by atoms with E-state index in [0.29, 0.717) is 0 Å². The summed E-state index contributed by atoms with van der Waals surface area (Å²) >= 11 is 3.50. The van der Waals surface area contributed by atoms with E-state index in [1.165, 1.54) is 5.56 Å². The van der Waals surface area contributed by atoms with E-state index in [4.69, 9.17) is 6.42 Å². The zero-order chi connectivity index (χ0) is 9.90. The van der Waals surface area contributed by atoms with Gasteiger partial charge < -0.3 is 0 Å². The lowest BCUT2D eigenvalue weighted by Crippen LogP contribution is -2.18. The van der Waals surface area contributed by atoms with Gasteiger partial charge in [0, 0.05) is 10.9 Å². The first-order valence-corrected chi connectivity index (χ1v) is 5.35. The fourth-order valence-electron chi connectivity index (χ4n) is 1.09. The van der Waals surface area contributed by atoms with E-state index in [9.17, 15) is 0 Å². The van der Waals surface area contributed by atoms with Gasteiger partial charge in [-0.25, -0.2) is 0 Å². The van der Waals surface area contributed by atoms with E-state index in [2.05, 4.69) is 47.8 Å². The maximum atomic E-state index is 5.28. The molecular formula is C12H13Br. The molecule has 0 heterocycles. The summed E-state index contributed by atoms with van der Waals surface area (Å²) in [5, 5.41) is 0.954. The van der Waals surface area contributed by atoms with Crippen molar-refractivity contribution in [3.63, 3.8) is 0 Å². The number of hydrogen-bond acceptors (Lipinski definition) is 0. The zero-order valence-corrected chi connectivity index (χ0v) is 9.56.